The first kappa shape index (κ1) is 10.9. The summed E-state index contributed by atoms with van der Waals surface area (Å²) in [6, 6.07) is 0. The molecule has 0 radical (unpaired) electrons. The van der Waals surface area contributed by atoms with Crippen LogP contribution in [0.3, 0.4) is 0 Å². The molecule has 0 N–H and O–H groups in total. The van der Waals surface area contributed by atoms with Gasteiger partial charge in [0, 0.05) is 0 Å². The van der Waals surface area contributed by atoms with E-state index in [1.165, 1.54) is 13.1 Å². The molecule has 0 fully saturated rings. The van der Waals surface area contributed by atoms with Gasteiger partial charge in [0.25, 0.3) is 0 Å². The van der Waals surface area contributed by atoms with Crippen molar-refractivity contribution in [3.05, 3.63) is 11.8 Å². The molecule has 0 unspecified atom stereocenters. The molecule has 0 aromatic heterocycles. The first-order valence-corrected chi connectivity index (χ1v) is 6.04. The van der Waals surface area contributed by atoms with Crippen molar-refractivity contribution in [2.75, 3.05) is 13.1 Å². The molecule has 0 rings (SSSR count). The Morgan fingerprint density at radius 2 is 1.82 bits per heavy atom. The van der Waals surface area contributed by atoms with E-state index in [0.717, 1.165) is 5.92 Å². The Hall–Kier alpha value is -0.0831. The van der Waals surface area contributed by atoms with Gasteiger partial charge in [-0.3, -0.25) is 0 Å². The zero-order valence-electron chi connectivity index (χ0n) is 8.30. The minimum atomic E-state index is -0.0648. The second-order valence-electron chi connectivity index (χ2n) is 3.16. The SMILES string of the molecule is CCN(CC)[SiH2]C=CC(C)C. The molecule has 1 nitrogen and oxygen atoms in total. The topological polar surface area (TPSA) is 3.24 Å². The second-order valence-corrected chi connectivity index (χ2v) is 4.89. The van der Waals surface area contributed by atoms with Crippen molar-refractivity contribution in [1.29, 1.82) is 0 Å². The molecular formula is C9H21NSi. The average Bonchev–Trinajstić information content (AvgIpc) is 1.98. The van der Waals surface area contributed by atoms with Crippen molar-refractivity contribution in [2.45, 2.75) is 27.7 Å². The van der Waals surface area contributed by atoms with Gasteiger partial charge in [-0.05, 0) is 19.0 Å². The molecule has 0 saturated heterocycles. The molecule has 2 heteroatoms. The van der Waals surface area contributed by atoms with Gasteiger partial charge >= 0.3 is 0 Å². The van der Waals surface area contributed by atoms with Crippen molar-refractivity contribution in [2.24, 2.45) is 5.92 Å². The smallest absolute Gasteiger partial charge is 0.119 e. The summed E-state index contributed by atoms with van der Waals surface area (Å²) >= 11 is 0. The van der Waals surface area contributed by atoms with Gasteiger partial charge in [-0.2, -0.15) is 0 Å². The lowest BCUT2D eigenvalue weighted by Gasteiger charge is -2.14. The Bertz CT molecular complexity index is 106. The summed E-state index contributed by atoms with van der Waals surface area (Å²) in [4.78, 5) is 0. The first-order chi connectivity index (χ1) is 5.20. The Morgan fingerprint density at radius 3 is 2.18 bits per heavy atom. The highest BCUT2D eigenvalue weighted by Gasteiger charge is 1.94. The molecule has 0 aliphatic heterocycles. The van der Waals surface area contributed by atoms with E-state index in [1.807, 2.05) is 0 Å². The van der Waals surface area contributed by atoms with Crippen molar-refractivity contribution in [3.8, 4) is 0 Å². The highest BCUT2D eigenvalue weighted by Crippen LogP contribution is 1.93. The van der Waals surface area contributed by atoms with Crippen molar-refractivity contribution >= 4 is 9.68 Å². The summed E-state index contributed by atoms with van der Waals surface area (Å²) in [5.74, 6) is 0.720. The van der Waals surface area contributed by atoms with E-state index in [4.69, 9.17) is 0 Å². The minimum Gasteiger partial charge on any atom is -0.326 e. The van der Waals surface area contributed by atoms with Crippen LogP contribution in [0, 0.1) is 5.92 Å². The molecule has 66 valence electrons. The maximum absolute atomic E-state index is 2.54. The van der Waals surface area contributed by atoms with Crippen molar-refractivity contribution < 1.29 is 0 Å². The second kappa shape index (κ2) is 6.62. The van der Waals surface area contributed by atoms with Crippen LogP contribution in [-0.2, 0) is 0 Å². The van der Waals surface area contributed by atoms with E-state index < -0.39 is 0 Å². The monoisotopic (exact) mass is 171 g/mol. The zero-order valence-corrected chi connectivity index (χ0v) is 9.71. The van der Waals surface area contributed by atoms with Crippen LogP contribution in [0.2, 0.25) is 0 Å². The fraction of sp³-hybridized carbons (Fsp3) is 0.778. The van der Waals surface area contributed by atoms with Gasteiger partial charge in [0.05, 0.1) is 0 Å². The Kier molecular flexibility index (Phi) is 6.57. The molecular weight excluding hydrogens is 150 g/mol. The van der Waals surface area contributed by atoms with E-state index in [1.54, 1.807) is 0 Å². The summed E-state index contributed by atoms with van der Waals surface area (Å²) in [5.41, 5.74) is 2.40. The maximum Gasteiger partial charge on any atom is 0.119 e. The number of rotatable bonds is 5. The normalized spacial score (nSPS) is 13.3. The number of allylic oxidation sites excluding steroid dienone is 1. The summed E-state index contributed by atoms with van der Waals surface area (Å²) < 4.78 is 2.54. The zero-order chi connectivity index (χ0) is 8.69. The van der Waals surface area contributed by atoms with E-state index in [-0.39, 0.29) is 9.68 Å². The number of nitrogens with zero attached hydrogens (tertiary/aromatic N) is 1. The standard InChI is InChI=1S/C9H21NSi/c1-5-10(6-2)11-8-7-9(3)4/h7-9H,5-6,11H2,1-4H3. The molecule has 0 amide bonds. The van der Waals surface area contributed by atoms with Crippen LogP contribution < -0.4 is 0 Å². The fourth-order valence-corrected chi connectivity index (χ4v) is 2.44. The molecule has 0 aromatic carbocycles. The van der Waals surface area contributed by atoms with Crippen molar-refractivity contribution in [1.82, 2.24) is 4.57 Å². The molecule has 0 saturated carbocycles. The highest BCUT2D eigenvalue weighted by molar-refractivity contribution is 6.38. The van der Waals surface area contributed by atoms with Gasteiger partial charge in [0.2, 0.25) is 0 Å². The van der Waals surface area contributed by atoms with E-state index in [9.17, 15) is 0 Å². The predicted molar refractivity (Wildman–Crippen MR) is 55.4 cm³/mol. The molecule has 0 aliphatic carbocycles. The fourth-order valence-electron chi connectivity index (χ4n) is 0.964. The van der Waals surface area contributed by atoms with Crippen molar-refractivity contribution in [3.63, 3.8) is 0 Å². The summed E-state index contributed by atoms with van der Waals surface area (Å²) in [7, 11) is -0.0648. The lowest BCUT2D eigenvalue weighted by atomic mass is 10.2. The van der Waals surface area contributed by atoms with Crippen LogP contribution >= 0.6 is 0 Å². The first-order valence-electron chi connectivity index (χ1n) is 4.59. The molecule has 0 atom stereocenters. The van der Waals surface area contributed by atoms with Gasteiger partial charge in [0.15, 0.2) is 0 Å². The van der Waals surface area contributed by atoms with Gasteiger partial charge in [-0.25, -0.2) is 0 Å². The van der Waals surface area contributed by atoms with E-state index in [2.05, 4.69) is 44.0 Å². The lowest BCUT2D eigenvalue weighted by Crippen LogP contribution is -2.25. The molecule has 0 aliphatic rings. The quantitative estimate of drug-likeness (QED) is 0.568. The maximum atomic E-state index is 2.54. The van der Waals surface area contributed by atoms with E-state index in [0.29, 0.717) is 0 Å². The van der Waals surface area contributed by atoms with Gasteiger partial charge in [0.1, 0.15) is 9.68 Å². The van der Waals surface area contributed by atoms with Crippen LogP contribution in [0.4, 0.5) is 0 Å². The van der Waals surface area contributed by atoms with Crippen LogP contribution in [0.5, 0.6) is 0 Å². The highest BCUT2D eigenvalue weighted by atomic mass is 28.2. The number of hydrogen-bond acceptors (Lipinski definition) is 1. The summed E-state index contributed by atoms with van der Waals surface area (Å²) in [6.45, 7) is 11.4. The largest absolute Gasteiger partial charge is 0.326 e. The van der Waals surface area contributed by atoms with E-state index >= 15 is 0 Å². The Balaban J connectivity index is 3.49. The predicted octanol–water partition coefficient (Wildman–Crippen LogP) is 1.58. The van der Waals surface area contributed by atoms with Crippen LogP contribution in [0.1, 0.15) is 27.7 Å². The summed E-state index contributed by atoms with van der Waals surface area (Å²) in [6.07, 6.45) is 2.32. The third-order valence-electron chi connectivity index (χ3n) is 1.78. The summed E-state index contributed by atoms with van der Waals surface area (Å²) in [5, 5.41) is 0. The lowest BCUT2D eigenvalue weighted by molar-refractivity contribution is 0.498. The molecule has 0 heterocycles. The van der Waals surface area contributed by atoms with Gasteiger partial charge in [-0.15, -0.1) is 0 Å². The number of hydrogen-bond donors (Lipinski definition) is 0. The van der Waals surface area contributed by atoms with Crippen LogP contribution in [0.15, 0.2) is 11.8 Å². The molecule has 0 spiro atoms. The third-order valence-corrected chi connectivity index (χ3v) is 3.67. The van der Waals surface area contributed by atoms with Gasteiger partial charge in [-0.1, -0.05) is 39.5 Å². The van der Waals surface area contributed by atoms with Crippen LogP contribution in [-0.4, -0.2) is 27.3 Å². The van der Waals surface area contributed by atoms with Gasteiger partial charge < -0.3 is 4.57 Å². The van der Waals surface area contributed by atoms with Crippen LogP contribution in [0.25, 0.3) is 0 Å². The molecule has 0 aromatic rings. The minimum absolute atomic E-state index is 0.0648. The molecule has 11 heavy (non-hydrogen) atoms. The Morgan fingerprint density at radius 1 is 1.27 bits per heavy atom. The Labute approximate surface area is 73.4 Å². The molecule has 0 bridgehead atoms. The average molecular weight is 171 g/mol. The third kappa shape index (κ3) is 6.32.